The molecule has 3 rings (SSSR count). The van der Waals surface area contributed by atoms with Gasteiger partial charge in [-0.25, -0.2) is 4.98 Å². The van der Waals surface area contributed by atoms with Gasteiger partial charge in [-0.1, -0.05) is 0 Å². The quantitative estimate of drug-likeness (QED) is 0.724. The van der Waals surface area contributed by atoms with Crippen LogP contribution in [-0.4, -0.2) is 56.4 Å². The van der Waals surface area contributed by atoms with Crippen LogP contribution in [0.25, 0.3) is 0 Å². The van der Waals surface area contributed by atoms with Gasteiger partial charge in [-0.15, -0.1) is 0 Å². The minimum Gasteiger partial charge on any atom is -0.493 e. The molecule has 1 saturated heterocycles. The summed E-state index contributed by atoms with van der Waals surface area (Å²) in [5, 5.41) is 0. The minimum atomic E-state index is -0.135. The van der Waals surface area contributed by atoms with E-state index < -0.39 is 0 Å². The number of likely N-dealkylation sites (tertiary alicyclic amines) is 1. The Morgan fingerprint density at radius 1 is 1.10 bits per heavy atom. The summed E-state index contributed by atoms with van der Waals surface area (Å²) < 4.78 is 21.5. The smallest absolute Gasteiger partial charge is 0.251 e. The number of hydrogen-bond acceptors (Lipinski definition) is 7. The van der Waals surface area contributed by atoms with Gasteiger partial charge in [0, 0.05) is 32.2 Å². The lowest BCUT2D eigenvalue weighted by atomic mass is 9.96. The van der Waals surface area contributed by atoms with E-state index in [1.54, 1.807) is 28.4 Å². The zero-order valence-electron chi connectivity index (χ0n) is 17.5. The Bertz CT molecular complexity index is 858. The van der Waals surface area contributed by atoms with Gasteiger partial charge < -0.3 is 23.9 Å². The van der Waals surface area contributed by atoms with E-state index in [-0.39, 0.29) is 11.5 Å². The Morgan fingerprint density at radius 2 is 1.83 bits per heavy atom. The molecule has 2 aromatic rings. The second-order valence-corrected chi connectivity index (χ2v) is 7.16. The number of piperidine rings is 1. The van der Waals surface area contributed by atoms with E-state index in [1.165, 1.54) is 6.07 Å². The van der Waals surface area contributed by atoms with Crippen LogP contribution in [0.4, 0.5) is 0 Å². The number of ether oxygens (including phenoxy) is 4. The molecule has 0 saturated carbocycles. The summed E-state index contributed by atoms with van der Waals surface area (Å²) in [6.45, 7) is 2.87. The molecule has 0 spiro atoms. The van der Waals surface area contributed by atoms with Crippen molar-refractivity contribution in [1.29, 1.82) is 0 Å². The average Bonchev–Trinajstić information content (AvgIpc) is 2.73. The highest BCUT2D eigenvalue weighted by molar-refractivity contribution is 5.53. The van der Waals surface area contributed by atoms with Crippen LogP contribution in [0.2, 0.25) is 0 Å². The fourth-order valence-electron chi connectivity index (χ4n) is 3.85. The van der Waals surface area contributed by atoms with Crippen molar-refractivity contribution in [3.63, 3.8) is 0 Å². The zero-order chi connectivity index (χ0) is 20.8. The summed E-state index contributed by atoms with van der Waals surface area (Å²) in [7, 11) is 6.43. The first-order valence-electron chi connectivity index (χ1n) is 9.68. The van der Waals surface area contributed by atoms with E-state index in [0.717, 1.165) is 43.9 Å². The van der Waals surface area contributed by atoms with E-state index >= 15 is 0 Å². The van der Waals surface area contributed by atoms with Crippen LogP contribution in [0, 0.1) is 0 Å². The van der Waals surface area contributed by atoms with Gasteiger partial charge >= 0.3 is 0 Å². The van der Waals surface area contributed by atoms with E-state index in [4.69, 9.17) is 18.9 Å². The third-order valence-corrected chi connectivity index (χ3v) is 5.13. The van der Waals surface area contributed by atoms with Crippen molar-refractivity contribution in [3.8, 4) is 17.2 Å². The molecule has 0 radical (unpaired) electrons. The van der Waals surface area contributed by atoms with Crippen LogP contribution in [0.3, 0.4) is 0 Å². The lowest BCUT2D eigenvalue weighted by Gasteiger charge is -2.32. The molecule has 0 unspecified atom stereocenters. The largest absolute Gasteiger partial charge is 0.493 e. The summed E-state index contributed by atoms with van der Waals surface area (Å²) in [5.74, 6) is 2.80. The van der Waals surface area contributed by atoms with Crippen LogP contribution >= 0.6 is 0 Å². The molecule has 0 amide bonds. The van der Waals surface area contributed by atoms with Crippen molar-refractivity contribution in [2.75, 3.05) is 41.5 Å². The Morgan fingerprint density at radius 3 is 2.45 bits per heavy atom. The average molecular weight is 403 g/mol. The number of H-pyrrole nitrogens is 1. The van der Waals surface area contributed by atoms with Crippen LogP contribution in [0.15, 0.2) is 23.0 Å². The molecular formula is C21H29N3O5. The summed E-state index contributed by atoms with van der Waals surface area (Å²) in [4.78, 5) is 21.9. The van der Waals surface area contributed by atoms with Gasteiger partial charge in [0.1, 0.15) is 5.82 Å². The number of nitrogens with zero attached hydrogens (tertiary/aromatic N) is 2. The van der Waals surface area contributed by atoms with Gasteiger partial charge in [0.05, 0.1) is 33.6 Å². The van der Waals surface area contributed by atoms with Gasteiger partial charge in [0.2, 0.25) is 5.75 Å². The Hall–Kier alpha value is -2.58. The summed E-state index contributed by atoms with van der Waals surface area (Å²) in [5.41, 5.74) is 1.60. The van der Waals surface area contributed by atoms with Gasteiger partial charge in [0.25, 0.3) is 5.56 Å². The first-order valence-corrected chi connectivity index (χ1v) is 9.68. The Kier molecular flexibility index (Phi) is 7.11. The maximum absolute atomic E-state index is 12.0. The molecule has 29 heavy (non-hydrogen) atoms. The molecule has 2 heterocycles. The highest BCUT2D eigenvalue weighted by Gasteiger charge is 2.24. The van der Waals surface area contributed by atoms with E-state index in [9.17, 15) is 4.79 Å². The van der Waals surface area contributed by atoms with Crippen molar-refractivity contribution < 1.29 is 18.9 Å². The summed E-state index contributed by atoms with van der Waals surface area (Å²) in [6.07, 6.45) is 2.03. The molecule has 1 N–H and O–H groups in total. The molecule has 8 nitrogen and oxygen atoms in total. The highest BCUT2D eigenvalue weighted by atomic mass is 16.5. The molecule has 1 aromatic carbocycles. The van der Waals surface area contributed by atoms with Gasteiger partial charge in [-0.3, -0.25) is 9.69 Å². The van der Waals surface area contributed by atoms with Crippen molar-refractivity contribution in [2.24, 2.45) is 0 Å². The number of rotatable bonds is 8. The number of methoxy groups -OCH3 is 4. The molecular weight excluding hydrogens is 374 g/mol. The zero-order valence-corrected chi connectivity index (χ0v) is 17.5. The SMILES string of the molecule is COCc1cc(=O)[nH]c([C@@H]2CCCN(Cc3cc(OC)c(OC)c(OC)c3)C2)n1. The van der Waals surface area contributed by atoms with Gasteiger partial charge in [0.15, 0.2) is 11.5 Å². The van der Waals surface area contributed by atoms with Crippen molar-refractivity contribution in [1.82, 2.24) is 14.9 Å². The molecule has 1 fully saturated rings. The topological polar surface area (TPSA) is 85.9 Å². The van der Waals surface area contributed by atoms with Crippen LogP contribution < -0.4 is 19.8 Å². The maximum Gasteiger partial charge on any atom is 0.251 e. The van der Waals surface area contributed by atoms with Gasteiger partial charge in [-0.05, 0) is 37.1 Å². The highest BCUT2D eigenvalue weighted by Crippen LogP contribution is 2.38. The van der Waals surface area contributed by atoms with Crippen LogP contribution in [0.1, 0.15) is 35.8 Å². The third kappa shape index (κ3) is 5.07. The van der Waals surface area contributed by atoms with E-state index in [0.29, 0.717) is 29.5 Å². The summed E-state index contributed by atoms with van der Waals surface area (Å²) >= 11 is 0. The lowest BCUT2D eigenvalue weighted by Crippen LogP contribution is -2.35. The Balaban J connectivity index is 1.77. The predicted molar refractivity (Wildman–Crippen MR) is 109 cm³/mol. The molecule has 0 bridgehead atoms. The number of benzene rings is 1. The standard InChI is InChI=1S/C21H29N3O5/c1-26-13-16-10-19(25)23-21(22-16)15-6-5-7-24(12-15)11-14-8-17(27-2)20(29-4)18(9-14)28-3/h8-10,15H,5-7,11-13H2,1-4H3,(H,22,23,25)/t15-/m1/s1. The van der Waals surface area contributed by atoms with Crippen molar-refractivity contribution in [2.45, 2.75) is 31.9 Å². The van der Waals surface area contributed by atoms with E-state index in [1.807, 2.05) is 12.1 Å². The monoisotopic (exact) mass is 403 g/mol. The van der Waals surface area contributed by atoms with Crippen molar-refractivity contribution in [3.05, 3.63) is 45.6 Å². The third-order valence-electron chi connectivity index (χ3n) is 5.13. The molecule has 1 aliphatic rings. The second-order valence-electron chi connectivity index (χ2n) is 7.16. The first-order chi connectivity index (χ1) is 14.1. The van der Waals surface area contributed by atoms with Crippen LogP contribution in [-0.2, 0) is 17.9 Å². The second kappa shape index (κ2) is 9.76. The van der Waals surface area contributed by atoms with Crippen LogP contribution in [0.5, 0.6) is 17.2 Å². The number of nitrogens with one attached hydrogen (secondary N) is 1. The number of aromatic amines is 1. The first kappa shape index (κ1) is 21.1. The number of hydrogen-bond donors (Lipinski definition) is 1. The number of aromatic nitrogens is 2. The molecule has 1 aliphatic heterocycles. The normalized spacial score (nSPS) is 17.2. The maximum atomic E-state index is 12.0. The fourth-order valence-corrected chi connectivity index (χ4v) is 3.85. The predicted octanol–water partition coefficient (Wildman–Crippen LogP) is 2.32. The molecule has 1 atom stereocenters. The fraction of sp³-hybridized carbons (Fsp3) is 0.524. The summed E-state index contributed by atoms with van der Waals surface area (Å²) in [6, 6.07) is 5.44. The lowest BCUT2D eigenvalue weighted by molar-refractivity contribution is 0.178. The molecule has 0 aliphatic carbocycles. The van der Waals surface area contributed by atoms with Crippen molar-refractivity contribution >= 4 is 0 Å². The Labute approximate surface area is 170 Å². The minimum absolute atomic E-state index is 0.135. The van der Waals surface area contributed by atoms with E-state index in [2.05, 4.69) is 14.9 Å². The molecule has 158 valence electrons. The van der Waals surface area contributed by atoms with Gasteiger partial charge in [-0.2, -0.15) is 0 Å². The molecule has 8 heteroatoms. The molecule has 1 aromatic heterocycles.